The van der Waals surface area contributed by atoms with Crippen LogP contribution < -0.4 is 0 Å². The number of nitrogens with zero attached hydrogens (tertiary/aromatic N) is 1. The third-order valence-electron chi connectivity index (χ3n) is 13.8. The lowest BCUT2D eigenvalue weighted by Crippen LogP contribution is -2.29. The molecular formula is C64H49N. The average Bonchev–Trinajstić information content (AvgIpc) is 3.61. The summed E-state index contributed by atoms with van der Waals surface area (Å²) >= 11 is 0. The molecular weight excluding hydrogens is 783 g/mol. The molecule has 0 aromatic heterocycles. The summed E-state index contributed by atoms with van der Waals surface area (Å²) in [6.07, 6.45) is 4.35. The summed E-state index contributed by atoms with van der Waals surface area (Å²) in [6, 6.07) is 82.3. The standard InChI is InChI=1S/C64H49N/c1-4-52(47-20-7-5-8-21-47)43(2)40-63(48-22-9-6-10-23-48)65-44(3)45-34-36-46(37-35-45)49-24-19-25-50(41-49)51-38-39-62-58(42-51)57-30-15-18-33-61(57)64(62)59-31-16-13-28-55(59)53-26-11-12-27-54(53)56-29-14-17-32-60(56)64/h4-43,52H,1H2,2-3H3/b63-40-,65-44?. The minimum atomic E-state index is -0.478. The van der Waals surface area contributed by atoms with Crippen LogP contribution in [-0.4, -0.2) is 5.71 Å². The average molecular weight is 832 g/mol. The summed E-state index contributed by atoms with van der Waals surface area (Å²) in [5.41, 5.74) is 22.7. The van der Waals surface area contributed by atoms with Crippen LogP contribution in [0.4, 0.5) is 0 Å². The zero-order valence-electron chi connectivity index (χ0n) is 36.8. The molecule has 65 heavy (non-hydrogen) atoms. The van der Waals surface area contributed by atoms with Gasteiger partial charge in [-0.1, -0.05) is 231 Å². The quantitative estimate of drug-likeness (QED) is 0.101. The van der Waals surface area contributed by atoms with E-state index in [2.05, 4.69) is 257 Å². The first kappa shape index (κ1) is 39.9. The van der Waals surface area contributed by atoms with Crippen LogP contribution in [0.1, 0.15) is 58.7 Å². The second-order valence-electron chi connectivity index (χ2n) is 17.5. The van der Waals surface area contributed by atoms with E-state index < -0.39 is 5.41 Å². The predicted octanol–water partition coefficient (Wildman–Crippen LogP) is 16.5. The normalized spacial score (nSPS) is 14.2. The highest BCUT2D eigenvalue weighted by molar-refractivity contribution is 6.02. The first-order chi connectivity index (χ1) is 32.0. The Balaban J connectivity index is 0.947. The largest absolute Gasteiger partial charge is 0.253 e. The van der Waals surface area contributed by atoms with Crippen LogP contribution in [0.15, 0.2) is 248 Å². The molecule has 0 amide bonds. The molecule has 2 aliphatic rings. The van der Waals surface area contributed by atoms with Gasteiger partial charge in [0, 0.05) is 11.6 Å². The van der Waals surface area contributed by atoms with Crippen LogP contribution in [0.3, 0.4) is 0 Å². The van der Waals surface area contributed by atoms with Crippen LogP contribution in [0, 0.1) is 5.92 Å². The summed E-state index contributed by atoms with van der Waals surface area (Å²) in [5.74, 6) is 0.376. The summed E-state index contributed by atoms with van der Waals surface area (Å²) in [7, 11) is 0. The van der Waals surface area contributed by atoms with Gasteiger partial charge in [-0.05, 0) is 120 Å². The Hall–Kier alpha value is -7.87. The molecule has 1 nitrogen and oxygen atoms in total. The van der Waals surface area contributed by atoms with Crippen LogP contribution in [0.2, 0.25) is 0 Å². The SMILES string of the molecule is C=CC(c1ccccc1)C(C)/C=C(\N=C(C)c1ccc(-c2cccc(-c3ccc4c(c3)-c3ccccc3C43c4ccccc4-c4ccccc4-c4ccccc43)c2)cc1)c1ccccc1. The smallest absolute Gasteiger partial charge is 0.0725 e. The molecule has 9 aromatic carbocycles. The second-order valence-corrected chi connectivity index (χ2v) is 17.5. The van der Waals surface area contributed by atoms with Gasteiger partial charge in [-0.2, -0.15) is 0 Å². The van der Waals surface area contributed by atoms with E-state index in [1.807, 2.05) is 0 Å². The van der Waals surface area contributed by atoms with E-state index in [1.165, 1.54) is 83.5 Å². The van der Waals surface area contributed by atoms with Crippen LogP contribution >= 0.6 is 0 Å². The molecule has 0 radical (unpaired) electrons. The minimum absolute atomic E-state index is 0.180. The van der Waals surface area contributed by atoms with Crippen LogP contribution in [0.5, 0.6) is 0 Å². The van der Waals surface area contributed by atoms with Gasteiger partial charge < -0.3 is 0 Å². The van der Waals surface area contributed by atoms with E-state index >= 15 is 0 Å². The second kappa shape index (κ2) is 16.7. The van der Waals surface area contributed by atoms with Crippen molar-refractivity contribution in [2.24, 2.45) is 10.9 Å². The molecule has 0 fully saturated rings. The van der Waals surface area contributed by atoms with E-state index in [0.717, 1.165) is 22.5 Å². The van der Waals surface area contributed by atoms with Crippen LogP contribution in [-0.2, 0) is 5.41 Å². The van der Waals surface area contributed by atoms with Crippen molar-refractivity contribution in [3.63, 3.8) is 0 Å². The molecule has 1 spiro atoms. The van der Waals surface area contributed by atoms with Gasteiger partial charge in [0.25, 0.3) is 0 Å². The highest BCUT2D eigenvalue weighted by Crippen LogP contribution is 2.61. The molecule has 0 saturated heterocycles. The molecule has 9 aromatic rings. The molecule has 0 aliphatic heterocycles. The molecule has 0 saturated carbocycles. The third kappa shape index (κ3) is 6.83. The van der Waals surface area contributed by atoms with Gasteiger partial charge >= 0.3 is 0 Å². The Bertz CT molecular complexity index is 3230. The van der Waals surface area contributed by atoms with E-state index in [1.54, 1.807) is 0 Å². The highest BCUT2D eigenvalue weighted by Gasteiger charge is 2.49. The number of rotatable bonds is 9. The van der Waals surface area contributed by atoms with Crippen molar-refractivity contribution >= 4 is 11.4 Å². The number of aliphatic imine (C=N–C) groups is 1. The Labute approximate surface area is 383 Å². The summed E-state index contributed by atoms with van der Waals surface area (Å²) < 4.78 is 0. The topological polar surface area (TPSA) is 12.4 Å². The molecule has 2 aliphatic carbocycles. The Morgan fingerprint density at radius 2 is 0.892 bits per heavy atom. The first-order valence-corrected chi connectivity index (χ1v) is 22.8. The lowest BCUT2D eigenvalue weighted by molar-refractivity contribution is 0.643. The molecule has 1 heteroatoms. The van der Waals surface area contributed by atoms with Gasteiger partial charge in [0.15, 0.2) is 0 Å². The van der Waals surface area contributed by atoms with Crippen molar-refractivity contribution in [3.05, 3.63) is 282 Å². The molecule has 2 atom stereocenters. The van der Waals surface area contributed by atoms with Crippen molar-refractivity contribution < 1.29 is 0 Å². The van der Waals surface area contributed by atoms with E-state index in [0.29, 0.717) is 0 Å². The molecule has 0 bridgehead atoms. The van der Waals surface area contributed by atoms with Gasteiger partial charge in [-0.15, -0.1) is 6.58 Å². The molecule has 2 unspecified atom stereocenters. The Morgan fingerprint density at radius 1 is 0.431 bits per heavy atom. The van der Waals surface area contributed by atoms with Crippen molar-refractivity contribution in [2.45, 2.75) is 25.2 Å². The van der Waals surface area contributed by atoms with Gasteiger partial charge in [-0.3, -0.25) is 4.99 Å². The third-order valence-corrected chi connectivity index (χ3v) is 13.8. The van der Waals surface area contributed by atoms with Gasteiger partial charge in [-0.25, -0.2) is 0 Å². The van der Waals surface area contributed by atoms with E-state index in [4.69, 9.17) is 4.99 Å². The minimum Gasteiger partial charge on any atom is -0.253 e. The summed E-state index contributed by atoms with van der Waals surface area (Å²) in [5, 5.41) is 0. The maximum Gasteiger partial charge on any atom is 0.0725 e. The molecule has 0 heterocycles. The van der Waals surface area contributed by atoms with E-state index in [9.17, 15) is 0 Å². The zero-order chi connectivity index (χ0) is 43.9. The summed E-state index contributed by atoms with van der Waals surface area (Å²) in [4.78, 5) is 5.28. The number of allylic oxidation sites excluding steroid dienone is 2. The van der Waals surface area contributed by atoms with Crippen molar-refractivity contribution in [2.75, 3.05) is 0 Å². The van der Waals surface area contributed by atoms with E-state index in [-0.39, 0.29) is 11.8 Å². The highest BCUT2D eigenvalue weighted by atomic mass is 14.8. The fourth-order valence-corrected chi connectivity index (χ4v) is 10.7. The Morgan fingerprint density at radius 3 is 1.48 bits per heavy atom. The number of hydrogen-bond acceptors (Lipinski definition) is 1. The van der Waals surface area contributed by atoms with Crippen molar-refractivity contribution in [3.8, 4) is 55.6 Å². The number of benzene rings is 9. The number of fused-ring (bicyclic) bond motifs is 12. The molecule has 310 valence electrons. The van der Waals surface area contributed by atoms with Gasteiger partial charge in [0.1, 0.15) is 0 Å². The zero-order valence-corrected chi connectivity index (χ0v) is 36.8. The summed E-state index contributed by atoms with van der Waals surface area (Å²) in [6.45, 7) is 8.56. The maximum absolute atomic E-state index is 5.28. The lowest BCUT2D eigenvalue weighted by Gasteiger charge is -2.35. The molecule has 11 rings (SSSR count). The van der Waals surface area contributed by atoms with Crippen molar-refractivity contribution in [1.82, 2.24) is 0 Å². The fourth-order valence-electron chi connectivity index (χ4n) is 10.7. The van der Waals surface area contributed by atoms with Crippen molar-refractivity contribution in [1.29, 1.82) is 0 Å². The molecule has 0 N–H and O–H groups in total. The van der Waals surface area contributed by atoms with Gasteiger partial charge in [0.05, 0.1) is 11.1 Å². The predicted molar refractivity (Wildman–Crippen MR) is 274 cm³/mol. The maximum atomic E-state index is 5.28. The monoisotopic (exact) mass is 831 g/mol. The lowest BCUT2D eigenvalue weighted by atomic mass is 9.66. The Kier molecular flexibility index (Phi) is 10.2. The van der Waals surface area contributed by atoms with Gasteiger partial charge in [0.2, 0.25) is 0 Å². The fraction of sp³-hybridized carbons (Fsp3) is 0.0781. The number of hydrogen-bond donors (Lipinski definition) is 0. The van der Waals surface area contributed by atoms with Crippen LogP contribution in [0.25, 0.3) is 61.3 Å². The first-order valence-electron chi connectivity index (χ1n) is 22.8.